The highest BCUT2D eigenvalue weighted by atomic mass is 16.5. The van der Waals surface area contributed by atoms with E-state index in [-0.39, 0.29) is 0 Å². The van der Waals surface area contributed by atoms with Gasteiger partial charge in [-0.05, 0) is 31.7 Å². The fourth-order valence-electron chi connectivity index (χ4n) is 2.40. The van der Waals surface area contributed by atoms with Gasteiger partial charge in [0, 0.05) is 13.2 Å². The van der Waals surface area contributed by atoms with Crippen molar-refractivity contribution in [1.29, 1.82) is 0 Å². The van der Waals surface area contributed by atoms with E-state index in [1.54, 1.807) is 0 Å². The van der Waals surface area contributed by atoms with E-state index >= 15 is 0 Å². The molecule has 2 nitrogen and oxygen atoms in total. The van der Waals surface area contributed by atoms with Crippen LogP contribution < -0.4 is 5.32 Å². The maximum atomic E-state index is 5.56. The molecule has 0 amide bonds. The van der Waals surface area contributed by atoms with Gasteiger partial charge in [-0.2, -0.15) is 0 Å². The molecule has 16 heavy (non-hydrogen) atoms. The van der Waals surface area contributed by atoms with Gasteiger partial charge in [-0.1, -0.05) is 39.0 Å². The van der Waals surface area contributed by atoms with Gasteiger partial charge in [-0.15, -0.1) is 0 Å². The zero-order valence-electron chi connectivity index (χ0n) is 11.0. The third-order valence-corrected chi connectivity index (χ3v) is 3.47. The second-order valence-corrected chi connectivity index (χ2v) is 5.03. The lowest BCUT2D eigenvalue weighted by Crippen LogP contribution is -2.27. The van der Waals surface area contributed by atoms with Crippen molar-refractivity contribution in [3.8, 4) is 0 Å². The Bertz CT molecular complexity index is 144. The molecule has 0 aromatic heterocycles. The van der Waals surface area contributed by atoms with E-state index in [2.05, 4.69) is 12.2 Å². The Morgan fingerprint density at radius 1 is 1.06 bits per heavy atom. The van der Waals surface area contributed by atoms with Gasteiger partial charge in [-0.25, -0.2) is 0 Å². The molecule has 0 radical (unpaired) electrons. The third kappa shape index (κ3) is 7.24. The number of nitrogens with one attached hydrogen (secondary N) is 1. The second-order valence-electron chi connectivity index (χ2n) is 5.03. The second kappa shape index (κ2) is 10.1. The monoisotopic (exact) mass is 227 g/mol. The van der Waals surface area contributed by atoms with E-state index in [4.69, 9.17) is 4.74 Å². The highest BCUT2D eigenvalue weighted by molar-refractivity contribution is 4.67. The van der Waals surface area contributed by atoms with Gasteiger partial charge in [0.2, 0.25) is 0 Å². The van der Waals surface area contributed by atoms with Crippen molar-refractivity contribution in [2.24, 2.45) is 5.92 Å². The van der Waals surface area contributed by atoms with Crippen LogP contribution in [0.5, 0.6) is 0 Å². The van der Waals surface area contributed by atoms with Gasteiger partial charge in [0.05, 0.1) is 6.61 Å². The van der Waals surface area contributed by atoms with E-state index < -0.39 is 0 Å². The summed E-state index contributed by atoms with van der Waals surface area (Å²) in [5.41, 5.74) is 0. The Kier molecular flexibility index (Phi) is 8.83. The summed E-state index contributed by atoms with van der Waals surface area (Å²) < 4.78 is 5.56. The quantitative estimate of drug-likeness (QED) is 0.610. The zero-order valence-corrected chi connectivity index (χ0v) is 11.0. The van der Waals surface area contributed by atoms with E-state index in [1.807, 2.05) is 0 Å². The summed E-state index contributed by atoms with van der Waals surface area (Å²) >= 11 is 0. The average Bonchev–Trinajstić information content (AvgIpc) is 2.34. The van der Waals surface area contributed by atoms with Gasteiger partial charge in [0.1, 0.15) is 0 Å². The molecule has 0 saturated heterocycles. The van der Waals surface area contributed by atoms with E-state index in [0.717, 1.165) is 25.7 Å². The van der Waals surface area contributed by atoms with Crippen LogP contribution in [-0.2, 0) is 4.74 Å². The lowest BCUT2D eigenvalue weighted by molar-refractivity contribution is 0.130. The first kappa shape index (κ1) is 14.0. The Morgan fingerprint density at radius 2 is 1.88 bits per heavy atom. The highest BCUT2D eigenvalue weighted by Gasteiger charge is 2.11. The topological polar surface area (TPSA) is 21.3 Å². The normalized spacial score (nSPS) is 17.8. The van der Waals surface area contributed by atoms with Gasteiger partial charge in [-0.3, -0.25) is 0 Å². The predicted molar refractivity (Wildman–Crippen MR) is 69.8 cm³/mol. The zero-order chi connectivity index (χ0) is 11.5. The molecule has 1 saturated carbocycles. The molecule has 1 N–H and O–H groups in total. The van der Waals surface area contributed by atoms with Gasteiger partial charge in [0.25, 0.3) is 0 Å². The summed E-state index contributed by atoms with van der Waals surface area (Å²) in [6, 6.07) is 0. The van der Waals surface area contributed by atoms with Crippen molar-refractivity contribution in [3.63, 3.8) is 0 Å². The van der Waals surface area contributed by atoms with Crippen molar-refractivity contribution in [1.82, 2.24) is 5.32 Å². The molecule has 0 aromatic carbocycles. The third-order valence-electron chi connectivity index (χ3n) is 3.47. The maximum Gasteiger partial charge on any atom is 0.0590 e. The molecule has 0 spiro atoms. The molecule has 1 fully saturated rings. The molecule has 0 atom stereocenters. The fraction of sp³-hybridized carbons (Fsp3) is 1.00. The molecular formula is C14H29NO. The minimum Gasteiger partial charge on any atom is -0.380 e. The SMILES string of the molecule is CCCCCOCCNCC1CCCCC1. The van der Waals surface area contributed by atoms with Crippen molar-refractivity contribution in [2.45, 2.75) is 58.3 Å². The molecule has 0 aliphatic heterocycles. The smallest absolute Gasteiger partial charge is 0.0590 e. The first-order valence-electron chi connectivity index (χ1n) is 7.22. The Morgan fingerprint density at radius 3 is 2.62 bits per heavy atom. The van der Waals surface area contributed by atoms with Crippen LogP contribution in [0.25, 0.3) is 0 Å². The number of unbranched alkanes of at least 4 members (excludes halogenated alkanes) is 2. The summed E-state index contributed by atoms with van der Waals surface area (Å²) in [7, 11) is 0. The number of rotatable bonds is 9. The summed E-state index contributed by atoms with van der Waals surface area (Å²) in [4.78, 5) is 0. The average molecular weight is 227 g/mol. The molecule has 1 aliphatic carbocycles. The van der Waals surface area contributed by atoms with E-state index in [1.165, 1.54) is 57.9 Å². The van der Waals surface area contributed by atoms with Crippen LogP contribution in [0.3, 0.4) is 0 Å². The van der Waals surface area contributed by atoms with Crippen LogP contribution in [-0.4, -0.2) is 26.3 Å². The molecule has 0 unspecified atom stereocenters. The first-order valence-corrected chi connectivity index (χ1v) is 7.22. The molecule has 1 rings (SSSR count). The van der Waals surface area contributed by atoms with Crippen LogP contribution in [0.4, 0.5) is 0 Å². The minimum atomic E-state index is 0.885. The van der Waals surface area contributed by atoms with Crippen molar-refractivity contribution < 1.29 is 4.74 Å². The molecule has 0 aromatic rings. The van der Waals surface area contributed by atoms with E-state index in [0.29, 0.717) is 0 Å². The fourth-order valence-corrected chi connectivity index (χ4v) is 2.40. The van der Waals surface area contributed by atoms with Crippen molar-refractivity contribution in [3.05, 3.63) is 0 Å². The maximum absolute atomic E-state index is 5.56. The molecular weight excluding hydrogens is 198 g/mol. The molecule has 2 heteroatoms. The number of hydrogen-bond acceptors (Lipinski definition) is 2. The van der Waals surface area contributed by atoms with Crippen LogP contribution in [0, 0.1) is 5.92 Å². The largest absolute Gasteiger partial charge is 0.380 e. The number of hydrogen-bond donors (Lipinski definition) is 1. The number of ether oxygens (including phenoxy) is 1. The van der Waals surface area contributed by atoms with Crippen LogP contribution in [0.1, 0.15) is 58.3 Å². The van der Waals surface area contributed by atoms with Crippen LogP contribution in [0.15, 0.2) is 0 Å². The standard InChI is InChI=1S/C14H29NO/c1-2-3-7-11-16-12-10-15-13-14-8-5-4-6-9-14/h14-15H,2-13H2,1H3. The van der Waals surface area contributed by atoms with Gasteiger partial charge in [0.15, 0.2) is 0 Å². The lowest BCUT2D eigenvalue weighted by Gasteiger charge is -2.21. The minimum absolute atomic E-state index is 0.885. The van der Waals surface area contributed by atoms with Crippen LogP contribution in [0.2, 0.25) is 0 Å². The van der Waals surface area contributed by atoms with E-state index in [9.17, 15) is 0 Å². The summed E-state index contributed by atoms with van der Waals surface area (Å²) in [5.74, 6) is 0.939. The Balaban J connectivity index is 1.77. The van der Waals surface area contributed by atoms with Crippen molar-refractivity contribution >= 4 is 0 Å². The molecule has 96 valence electrons. The summed E-state index contributed by atoms with van der Waals surface area (Å²) in [5, 5.41) is 3.52. The molecule has 0 heterocycles. The highest BCUT2D eigenvalue weighted by Crippen LogP contribution is 2.22. The lowest BCUT2D eigenvalue weighted by atomic mass is 9.89. The molecule has 1 aliphatic rings. The van der Waals surface area contributed by atoms with Crippen molar-refractivity contribution in [2.75, 3.05) is 26.3 Å². The summed E-state index contributed by atoms with van der Waals surface area (Å²) in [6.45, 7) is 6.29. The predicted octanol–water partition coefficient (Wildman–Crippen LogP) is 3.36. The first-order chi connectivity index (χ1) is 7.93. The van der Waals surface area contributed by atoms with Gasteiger partial charge < -0.3 is 10.1 Å². The Hall–Kier alpha value is -0.0800. The van der Waals surface area contributed by atoms with Gasteiger partial charge >= 0.3 is 0 Å². The summed E-state index contributed by atoms with van der Waals surface area (Å²) in [6.07, 6.45) is 11.0. The molecule has 0 bridgehead atoms. The Labute approximate surface area is 101 Å². The van der Waals surface area contributed by atoms with Crippen LogP contribution >= 0.6 is 0 Å².